The number of anilines is 1. The second-order valence-electron chi connectivity index (χ2n) is 4.78. The van der Waals surface area contributed by atoms with E-state index in [9.17, 15) is 0 Å². The Morgan fingerprint density at radius 3 is 2.67 bits per heavy atom. The fourth-order valence-electron chi connectivity index (χ4n) is 2.04. The van der Waals surface area contributed by atoms with Crippen LogP contribution in [0.5, 0.6) is 5.75 Å². The van der Waals surface area contributed by atoms with Crippen molar-refractivity contribution in [1.82, 2.24) is 4.98 Å². The van der Waals surface area contributed by atoms with Crippen LogP contribution in [0.3, 0.4) is 0 Å². The lowest BCUT2D eigenvalue weighted by Gasteiger charge is -2.12. The van der Waals surface area contributed by atoms with E-state index in [1.54, 1.807) is 13.3 Å². The summed E-state index contributed by atoms with van der Waals surface area (Å²) < 4.78 is 5.15. The van der Waals surface area contributed by atoms with Gasteiger partial charge in [0.2, 0.25) is 0 Å². The first-order chi connectivity index (χ1) is 10.3. The summed E-state index contributed by atoms with van der Waals surface area (Å²) in [6.45, 7) is 3.02. The Bertz CT molecular complexity index is 593. The zero-order chi connectivity index (χ0) is 15.1. The van der Waals surface area contributed by atoms with E-state index in [-0.39, 0.29) is 0 Å². The minimum atomic E-state index is 0.463. The summed E-state index contributed by atoms with van der Waals surface area (Å²) in [5, 5.41) is 11.7. The fraction of sp³-hybridized carbons (Fsp3) is 0.294. The van der Waals surface area contributed by atoms with Crippen molar-refractivity contribution < 1.29 is 4.74 Å². The predicted molar refractivity (Wildman–Crippen MR) is 86.6 cm³/mol. The second kappa shape index (κ2) is 7.43. The summed E-state index contributed by atoms with van der Waals surface area (Å²) in [6, 6.07) is 11.3. The van der Waals surface area contributed by atoms with Gasteiger partial charge in [-0.3, -0.25) is 5.41 Å². The van der Waals surface area contributed by atoms with Crippen molar-refractivity contribution >= 4 is 11.5 Å². The number of nitrogens with one attached hydrogen (secondary N) is 2. The molecule has 2 aromatic rings. The van der Waals surface area contributed by atoms with Crippen LogP contribution >= 0.6 is 0 Å². The lowest BCUT2D eigenvalue weighted by atomic mass is 10.0. The van der Waals surface area contributed by atoms with Crippen LogP contribution in [0.2, 0.25) is 0 Å². The lowest BCUT2D eigenvalue weighted by molar-refractivity contribution is 0.415. The molecule has 1 aromatic carbocycles. The molecule has 0 amide bonds. The third-order valence-electron chi connectivity index (χ3n) is 3.28. The van der Waals surface area contributed by atoms with Crippen LogP contribution in [0.1, 0.15) is 30.9 Å². The van der Waals surface area contributed by atoms with Gasteiger partial charge in [-0.1, -0.05) is 13.3 Å². The third-order valence-corrected chi connectivity index (χ3v) is 3.28. The van der Waals surface area contributed by atoms with Crippen molar-refractivity contribution in [3.8, 4) is 5.75 Å². The molecule has 0 atom stereocenters. The van der Waals surface area contributed by atoms with E-state index in [1.807, 2.05) is 36.4 Å². The molecule has 4 heteroatoms. The zero-order valence-corrected chi connectivity index (χ0v) is 12.5. The molecule has 2 rings (SSSR count). The first kappa shape index (κ1) is 15.0. The van der Waals surface area contributed by atoms with E-state index < -0.39 is 0 Å². The Hall–Kier alpha value is -2.36. The normalized spacial score (nSPS) is 10.2. The van der Waals surface area contributed by atoms with E-state index in [1.165, 1.54) is 0 Å². The smallest absolute Gasteiger partial charge is 0.135 e. The van der Waals surface area contributed by atoms with Crippen LogP contribution in [-0.2, 0) is 0 Å². The van der Waals surface area contributed by atoms with Gasteiger partial charge in [0.05, 0.1) is 12.8 Å². The number of pyridine rings is 1. The van der Waals surface area contributed by atoms with E-state index in [0.717, 1.165) is 42.1 Å². The Balaban J connectivity index is 2.21. The molecule has 0 unspecified atom stereocenters. The summed E-state index contributed by atoms with van der Waals surface area (Å²) in [5.41, 5.74) is 2.13. The molecule has 4 nitrogen and oxygen atoms in total. The maximum absolute atomic E-state index is 8.40. The van der Waals surface area contributed by atoms with Crippen molar-refractivity contribution in [2.24, 2.45) is 0 Å². The first-order valence-corrected chi connectivity index (χ1v) is 7.18. The average Bonchev–Trinajstić information content (AvgIpc) is 2.55. The summed E-state index contributed by atoms with van der Waals surface area (Å²) in [6.07, 6.45) is 3.97. The molecular formula is C17H21N3O. The number of hydrogen-bond acceptors (Lipinski definition) is 4. The summed E-state index contributed by atoms with van der Waals surface area (Å²) in [5.74, 6) is 1.56. The van der Waals surface area contributed by atoms with E-state index >= 15 is 0 Å². The van der Waals surface area contributed by atoms with Crippen molar-refractivity contribution in [3.05, 3.63) is 53.7 Å². The van der Waals surface area contributed by atoms with E-state index in [0.29, 0.717) is 5.71 Å². The van der Waals surface area contributed by atoms with Gasteiger partial charge in [-0.25, -0.2) is 4.98 Å². The highest BCUT2D eigenvalue weighted by Gasteiger charge is 2.10. The molecule has 0 bridgehead atoms. The van der Waals surface area contributed by atoms with Gasteiger partial charge in [-0.15, -0.1) is 0 Å². The third kappa shape index (κ3) is 3.81. The highest BCUT2D eigenvalue weighted by molar-refractivity contribution is 6.13. The number of ether oxygens (including phenoxy) is 1. The topological polar surface area (TPSA) is 58.0 Å². The highest BCUT2D eigenvalue weighted by Crippen LogP contribution is 2.19. The van der Waals surface area contributed by atoms with Crippen molar-refractivity contribution in [2.45, 2.75) is 19.8 Å². The quantitative estimate of drug-likeness (QED) is 0.601. The standard InChI is InChI=1S/C17H21N3O/c1-3-4-11-19-17-15(6-5-12-20-17)16(18)13-7-9-14(21-2)10-8-13/h5-10,12,18H,3-4,11H2,1-2H3,(H,19,20). The minimum absolute atomic E-state index is 0.463. The average molecular weight is 283 g/mol. The Labute approximate surface area is 125 Å². The summed E-state index contributed by atoms with van der Waals surface area (Å²) in [4.78, 5) is 4.35. The van der Waals surface area contributed by atoms with Crippen molar-refractivity contribution in [3.63, 3.8) is 0 Å². The van der Waals surface area contributed by atoms with Gasteiger partial charge < -0.3 is 10.1 Å². The maximum Gasteiger partial charge on any atom is 0.135 e. The Kier molecular flexibility index (Phi) is 5.32. The van der Waals surface area contributed by atoms with Gasteiger partial charge >= 0.3 is 0 Å². The monoisotopic (exact) mass is 283 g/mol. The minimum Gasteiger partial charge on any atom is -0.497 e. The molecule has 0 saturated heterocycles. The number of unbranched alkanes of at least 4 members (excludes halogenated alkanes) is 1. The molecule has 1 heterocycles. The predicted octanol–water partition coefficient (Wildman–Crippen LogP) is 3.72. The molecule has 2 N–H and O–H groups in total. The molecule has 0 aliphatic carbocycles. The molecular weight excluding hydrogens is 262 g/mol. The Morgan fingerprint density at radius 1 is 1.24 bits per heavy atom. The molecule has 0 spiro atoms. The van der Waals surface area contributed by atoms with Crippen molar-refractivity contribution in [2.75, 3.05) is 19.0 Å². The van der Waals surface area contributed by atoms with Crippen LogP contribution < -0.4 is 10.1 Å². The van der Waals surface area contributed by atoms with Crippen LogP contribution in [0.15, 0.2) is 42.6 Å². The van der Waals surface area contributed by atoms with Gasteiger partial charge in [0.25, 0.3) is 0 Å². The number of aromatic nitrogens is 1. The maximum atomic E-state index is 8.40. The Morgan fingerprint density at radius 2 is 2.00 bits per heavy atom. The molecule has 0 radical (unpaired) electrons. The number of benzene rings is 1. The van der Waals surface area contributed by atoms with Gasteiger partial charge in [-0.2, -0.15) is 0 Å². The van der Waals surface area contributed by atoms with E-state index in [2.05, 4.69) is 17.2 Å². The lowest BCUT2D eigenvalue weighted by Crippen LogP contribution is -2.10. The molecule has 0 saturated carbocycles. The fourth-order valence-corrected chi connectivity index (χ4v) is 2.04. The van der Waals surface area contributed by atoms with Gasteiger partial charge in [-0.05, 0) is 42.8 Å². The molecule has 0 aliphatic heterocycles. The molecule has 1 aromatic heterocycles. The summed E-state index contributed by atoms with van der Waals surface area (Å²) >= 11 is 0. The van der Waals surface area contributed by atoms with Crippen LogP contribution in [-0.4, -0.2) is 24.4 Å². The van der Waals surface area contributed by atoms with Crippen LogP contribution in [0, 0.1) is 5.41 Å². The number of hydrogen-bond donors (Lipinski definition) is 2. The van der Waals surface area contributed by atoms with Crippen LogP contribution in [0.4, 0.5) is 5.82 Å². The molecule has 0 fully saturated rings. The molecule has 21 heavy (non-hydrogen) atoms. The van der Waals surface area contributed by atoms with Gasteiger partial charge in [0.15, 0.2) is 0 Å². The second-order valence-corrected chi connectivity index (χ2v) is 4.78. The number of nitrogens with zero attached hydrogens (tertiary/aromatic N) is 1. The summed E-state index contributed by atoms with van der Waals surface area (Å²) in [7, 11) is 1.64. The molecule has 0 aliphatic rings. The highest BCUT2D eigenvalue weighted by atomic mass is 16.5. The van der Waals surface area contributed by atoms with E-state index in [4.69, 9.17) is 10.1 Å². The largest absolute Gasteiger partial charge is 0.497 e. The SMILES string of the molecule is CCCCNc1ncccc1C(=N)c1ccc(OC)cc1. The first-order valence-electron chi connectivity index (χ1n) is 7.18. The zero-order valence-electron chi connectivity index (χ0n) is 12.5. The number of rotatable bonds is 7. The van der Waals surface area contributed by atoms with Crippen LogP contribution in [0.25, 0.3) is 0 Å². The number of methoxy groups -OCH3 is 1. The van der Waals surface area contributed by atoms with Gasteiger partial charge in [0, 0.05) is 23.9 Å². The van der Waals surface area contributed by atoms with Gasteiger partial charge in [0.1, 0.15) is 11.6 Å². The molecule has 110 valence electrons. The van der Waals surface area contributed by atoms with Crippen molar-refractivity contribution in [1.29, 1.82) is 5.41 Å².